The highest BCUT2D eigenvalue weighted by atomic mass is 33.1. The summed E-state index contributed by atoms with van der Waals surface area (Å²) in [5.74, 6) is -14.3. The molecule has 1 aliphatic rings. The summed E-state index contributed by atoms with van der Waals surface area (Å²) in [6.45, 7) is 1.22. The third-order valence-electron chi connectivity index (χ3n) is 14.7. The highest BCUT2D eigenvalue weighted by Gasteiger charge is 2.36. The molecule has 5 unspecified atom stereocenters. The van der Waals surface area contributed by atoms with E-state index in [1.807, 2.05) is 0 Å². The monoisotopic (exact) mass is 1380 g/mol. The second kappa shape index (κ2) is 37.6. The molecule has 0 radical (unpaired) electrons. The summed E-state index contributed by atoms with van der Waals surface area (Å²) in [6, 6.07) is 0.100. The number of fused-ring (bicyclic) bond motifs is 1. The number of amides is 13. The van der Waals surface area contributed by atoms with Crippen LogP contribution in [0, 0.1) is 0 Å². The van der Waals surface area contributed by atoms with Crippen LogP contribution in [0.2, 0.25) is 0 Å². The van der Waals surface area contributed by atoms with E-state index < -0.39 is 169 Å². The lowest BCUT2D eigenvalue weighted by Gasteiger charge is -2.28. The molecule has 34 nitrogen and oxygen atoms in total. The number of hydrogen-bond acceptors (Lipinski definition) is 20. The zero-order valence-electron chi connectivity index (χ0n) is 52.5. The second-order valence-electron chi connectivity index (χ2n) is 22.3. The van der Waals surface area contributed by atoms with Gasteiger partial charge in [0.1, 0.15) is 78.0 Å². The van der Waals surface area contributed by atoms with Crippen LogP contribution in [0.5, 0.6) is 11.5 Å². The van der Waals surface area contributed by atoms with Gasteiger partial charge in [0.2, 0.25) is 76.8 Å². The molecule has 0 saturated carbocycles. The molecule has 0 aliphatic carbocycles. The van der Waals surface area contributed by atoms with Crippen LogP contribution < -0.4 is 81.4 Å². The minimum Gasteiger partial charge on any atom is -0.508 e. The zero-order valence-corrected chi connectivity index (χ0v) is 54.1. The molecule has 520 valence electrons. The first-order valence-corrected chi connectivity index (χ1v) is 32.6. The number of phenols is 2. The van der Waals surface area contributed by atoms with Crippen LogP contribution in [0.1, 0.15) is 63.1 Å². The van der Waals surface area contributed by atoms with Gasteiger partial charge in [-0.2, -0.15) is 0 Å². The predicted octanol–water partition coefficient (Wildman–Crippen LogP) is -5.82. The minimum atomic E-state index is -1.91. The zero-order chi connectivity index (χ0) is 70.8. The molecule has 5 rings (SSSR count). The number of aromatic hydroxyl groups is 2. The summed E-state index contributed by atoms with van der Waals surface area (Å²) >= 11 is 0. The number of aliphatic hydroxyl groups is 2. The van der Waals surface area contributed by atoms with Crippen LogP contribution in [0.15, 0.2) is 84.0 Å². The molecule has 1 saturated heterocycles. The van der Waals surface area contributed by atoms with Crippen molar-refractivity contribution in [3.63, 3.8) is 0 Å². The number of hydrogen-bond donors (Lipinski definition) is 20. The Kier molecular flexibility index (Phi) is 30.0. The Balaban J connectivity index is 1.57. The molecule has 4 aromatic rings. The maximum atomic E-state index is 14.9. The number of phenolic OH excluding ortho intramolecular Hbond substituents is 2. The number of H-pyrrole nitrogens is 1. The molecule has 1 fully saturated rings. The minimum absolute atomic E-state index is 0.00760. The molecule has 24 N–H and O–H groups in total. The van der Waals surface area contributed by atoms with E-state index in [0.29, 0.717) is 27.6 Å². The molecule has 0 bridgehead atoms. The van der Waals surface area contributed by atoms with Crippen LogP contribution in [-0.2, 0) is 81.6 Å². The van der Waals surface area contributed by atoms with E-state index >= 15 is 0 Å². The number of nitrogens with one attached hydrogen (secondary N) is 12. The topological polar surface area (TPSA) is 567 Å². The number of aliphatic hydroxyl groups excluding tert-OH is 2. The van der Waals surface area contributed by atoms with Gasteiger partial charge < -0.3 is 107 Å². The first-order chi connectivity index (χ1) is 45.5. The highest BCUT2D eigenvalue weighted by molar-refractivity contribution is 8.76. The van der Waals surface area contributed by atoms with Gasteiger partial charge in [-0.05, 0) is 80.1 Å². The number of nitrogens with zero attached hydrogens (tertiary/aromatic N) is 1. The van der Waals surface area contributed by atoms with Crippen LogP contribution in [-0.4, -0.2) is 206 Å². The molecule has 11 atom stereocenters. The first kappa shape index (κ1) is 76.5. The van der Waals surface area contributed by atoms with Gasteiger partial charge in [0.15, 0.2) is 5.96 Å². The predicted molar refractivity (Wildman–Crippen MR) is 351 cm³/mol. The van der Waals surface area contributed by atoms with Crippen LogP contribution >= 0.6 is 21.6 Å². The molecule has 2 heterocycles. The second-order valence-corrected chi connectivity index (χ2v) is 24.9. The molecular weight excluding hydrogens is 1290 g/mol. The fourth-order valence-electron chi connectivity index (χ4n) is 9.44. The number of carbonyl (C=O) groups excluding carboxylic acids is 13. The number of rotatable bonds is 17. The Morgan fingerprint density at radius 2 is 0.948 bits per heavy atom. The molecule has 96 heavy (non-hydrogen) atoms. The van der Waals surface area contributed by atoms with Gasteiger partial charge >= 0.3 is 0 Å². The van der Waals surface area contributed by atoms with Crippen molar-refractivity contribution < 1.29 is 82.8 Å². The number of para-hydroxylation sites is 1. The van der Waals surface area contributed by atoms with E-state index in [0.717, 1.165) is 28.5 Å². The fraction of sp³-hybridized carbons (Fsp3) is 0.433. The summed E-state index contributed by atoms with van der Waals surface area (Å²) in [5.41, 5.74) is 24.0. The van der Waals surface area contributed by atoms with Gasteiger partial charge in [-0.15, -0.1) is 0 Å². The van der Waals surface area contributed by atoms with Crippen molar-refractivity contribution in [2.75, 3.05) is 31.3 Å². The lowest BCUT2D eigenvalue weighted by atomic mass is 10.0. The van der Waals surface area contributed by atoms with Gasteiger partial charge in [-0.25, -0.2) is 0 Å². The Morgan fingerprint density at radius 3 is 1.46 bits per heavy atom. The molecule has 36 heteroatoms. The number of aromatic nitrogens is 1. The average molecular weight is 1380 g/mol. The van der Waals surface area contributed by atoms with Crippen LogP contribution in [0.3, 0.4) is 0 Å². The van der Waals surface area contributed by atoms with Crippen molar-refractivity contribution in [3.8, 4) is 11.5 Å². The van der Waals surface area contributed by atoms with E-state index in [9.17, 15) is 82.8 Å². The summed E-state index contributed by atoms with van der Waals surface area (Å²) in [4.78, 5) is 186. The van der Waals surface area contributed by atoms with Gasteiger partial charge in [-0.1, -0.05) is 64.1 Å². The maximum Gasteiger partial charge on any atom is 0.245 e. The van der Waals surface area contributed by atoms with E-state index in [1.54, 1.807) is 30.5 Å². The fourth-order valence-corrected chi connectivity index (χ4v) is 11.8. The summed E-state index contributed by atoms with van der Waals surface area (Å²) in [6.07, 6.45) is -0.658. The first-order valence-electron chi connectivity index (χ1n) is 30.1. The number of nitrogens with two attached hydrogens (primary N) is 4. The van der Waals surface area contributed by atoms with E-state index in [4.69, 9.17) is 22.9 Å². The van der Waals surface area contributed by atoms with Gasteiger partial charge in [0.05, 0.1) is 13.2 Å². The normalized spacial score (nSPS) is 24.0. The average Bonchev–Trinajstić information content (AvgIpc) is 1.75. The van der Waals surface area contributed by atoms with E-state index in [2.05, 4.69) is 68.5 Å². The number of aliphatic imine (C=N–C) groups is 1. The standard InChI is InChI=1S/C60H81N17O17S2/c1-29-50(85)75-44(25-78)58(93)74-43(23-34-24-66-38-8-5-4-7-37(34)38)56(91)70-39(9-6-20-65-60(63)64)53(88)72-42(22-33-12-16-36(82)17-13-33)55(90)76-45(26-79)57(92)71-40(18-19-48(61)83)52(87)67-30(2)51(86)77-46(49(62)84)27-95-96-28-47(69-31(3)80)59(94)73-41(54(89)68-29)21-32-10-14-35(81)15-11-32/h4-5,7-8,10-17,24,29-30,39-47,66,78-79,81-82H,6,9,18-23,25-28H2,1-3H3,(H2,61,83)(H2,62,84)(H,67,87)(H,68,89)(H,69,80)(H,70,91)(H,71,92)(H,72,88)(H,73,94)(H,74,93)(H,75,85)(H,76,90)(H,77,86)(H4,63,64,65)/t29-,30-,39-,40?,41?,42?,43?,44-,45-,46?,47-/m0/s1. The number of carbonyl (C=O) groups is 13. The Bertz CT molecular complexity index is 3470. The molecule has 1 aliphatic heterocycles. The maximum absolute atomic E-state index is 14.9. The van der Waals surface area contributed by atoms with Crippen molar-refractivity contribution in [2.24, 2.45) is 27.9 Å². The van der Waals surface area contributed by atoms with Crippen LogP contribution in [0.4, 0.5) is 0 Å². The largest absolute Gasteiger partial charge is 0.508 e. The number of guanidine groups is 1. The third kappa shape index (κ3) is 24.6. The Morgan fingerprint density at radius 1 is 0.521 bits per heavy atom. The van der Waals surface area contributed by atoms with Crippen molar-refractivity contribution in [1.82, 2.24) is 63.5 Å². The van der Waals surface area contributed by atoms with Gasteiger partial charge in [-0.3, -0.25) is 67.3 Å². The van der Waals surface area contributed by atoms with E-state index in [-0.39, 0.29) is 67.6 Å². The highest BCUT2D eigenvalue weighted by Crippen LogP contribution is 2.24. The smallest absolute Gasteiger partial charge is 0.245 e. The molecule has 1 aromatic heterocycles. The lowest BCUT2D eigenvalue weighted by molar-refractivity contribution is -0.136. The number of benzene rings is 3. The summed E-state index contributed by atoms with van der Waals surface area (Å²) < 4.78 is 0. The number of primary amides is 2. The number of aromatic amines is 1. The quantitative estimate of drug-likeness (QED) is 0.0203. The van der Waals surface area contributed by atoms with E-state index in [1.165, 1.54) is 62.4 Å². The van der Waals surface area contributed by atoms with Gasteiger partial charge in [0.25, 0.3) is 0 Å². The Labute approximate surface area is 557 Å². The lowest BCUT2D eigenvalue weighted by Crippen LogP contribution is -2.61. The van der Waals surface area contributed by atoms with Crippen molar-refractivity contribution in [2.45, 2.75) is 132 Å². The summed E-state index contributed by atoms with van der Waals surface area (Å²) in [7, 11) is 1.84. The summed E-state index contributed by atoms with van der Waals surface area (Å²) in [5, 5.41) is 68.9. The molecule has 13 amide bonds. The van der Waals surface area contributed by atoms with Gasteiger partial charge in [0, 0.05) is 67.8 Å². The SMILES string of the molecule is CC(=O)N[C@H]1CSSCC(C(N)=O)NC(=O)[C@H](C)NC(=O)C(CCC(N)=O)NC(=O)[C@H](CO)NC(=O)C(Cc2ccc(O)cc2)NC(=O)[C@H](CCCN=C(N)N)NC(=O)C(Cc2c[nH]c3ccccc23)NC(=O)[C@H](CO)NC(=O)[C@H](C)NC(=O)C(Cc2ccc(O)cc2)NC1=O. The molecular formula is C60H81N17O17S2. The van der Waals surface area contributed by atoms with Crippen molar-refractivity contribution in [3.05, 3.63) is 95.7 Å². The third-order valence-corrected chi connectivity index (χ3v) is 17.1. The molecule has 3 aromatic carbocycles. The van der Waals surface area contributed by atoms with Crippen molar-refractivity contribution in [1.29, 1.82) is 0 Å². The Hall–Kier alpha value is -10.2. The molecule has 0 spiro atoms. The van der Waals surface area contributed by atoms with Crippen LogP contribution in [0.25, 0.3) is 10.9 Å². The van der Waals surface area contributed by atoms with Crippen molar-refractivity contribution >= 4 is 115 Å².